The van der Waals surface area contributed by atoms with Crippen LogP contribution >= 0.6 is 0 Å². The number of hydrogen-bond donors (Lipinski definition) is 1. The maximum atomic E-state index is 14.0. The van der Waals surface area contributed by atoms with Gasteiger partial charge < -0.3 is 38.8 Å². The molecule has 0 unspecified atom stereocenters. The van der Waals surface area contributed by atoms with E-state index in [9.17, 15) is 28.0 Å². The van der Waals surface area contributed by atoms with Crippen LogP contribution in [0.25, 0.3) is 0 Å². The van der Waals surface area contributed by atoms with Crippen LogP contribution in [0.5, 0.6) is 5.75 Å². The van der Waals surface area contributed by atoms with Gasteiger partial charge in [0, 0.05) is 50.6 Å². The molecule has 1 aromatic carbocycles. The Morgan fingerprint density at radius 2 is 1.90 bits per heavy atom. The zero-order chi connectivity index (χ0) is 28.6. The second kappa shape index (κ2) is 11.2. The van der Waals surface area contributed by atoms with Crippen molar-refractivity contribution in [1.29, 1.82) is 0 Å². The third kappa shape index (κ3) is 5.36. The monoisotopic (exact) mass is 561 g/mol. The van der Waals surface area contributed by atoms with Crippen molar-refractivity contribution in [3.63, 3.8) is 0 Å². The number of nitrogens with one attached hydrogen (secondary N) is 1. The van der Waals surface area contributed by atoms with Gasteiger partial charge in [0.1, 0.15) is 17.2 Å². The summed E-state index contributed by atoms with van der Waals surface area (Å²) in [5, 5.41) is 2.44. The van der Waals surface area contributed by atoms with E-state index in [-0.39, 0.29) is 36.0 Å². The highest BCUT2D eigenvalue weighted by Gasteiger charge is 2.43. The molecule has 2 fully saturated rings. The zero-order valence-electron chi connectivity index (χ0n) is 22.0. The molecule has 4 heterocycles. The predicted molar refractivity (Wildman–Crippen MR) is 135 cm³/mol. The molecule has 0 aliphatic carbocycles. The summed E-state index contributed by atoms with van der Waals surface area (Å²) in [5.41, 5.74) is -1.37. The van der Waals surface area contributed by atoms with Crippen LogP contribution in [0.1, 0.15) is 33.3 Å². The lowest BCUT2D eigenvalue weighted by Crippen LogP contribution is -2.49. The Kier molecular flexibility index (Phi) is 7.72. The minimum Gasteiger partial charge on any atom is -0.451 e. The van der Waals surface area contributed by atoms with Gasteiger partial charge in [0.05, 0.1) is 19.2 Å². The van der Waals surface area contributed by atoms with E-state index in [1.807, 2.05) is 7.05 Å². The smallest absolute Gasteiger partial charge is 0.412 e. The van der Waals surface area contributed by atoms with Crippen molar-refractivity contribution in [2.75, 3.05) is 46.6 Å². The molecule has 0 bridgehead atoms. The first-order valence-corrected chi connectivity index (χ1v) is 12.8. The molecule has 1 N–H and O–H groups in total. The summed E-state index contributed by atoms with van der Waals surface area (Å²) in [6.07, 6.45) is -0.0199. The predicted octanol–water partition coefficient (Wildman–Crippen LogP) is 0.977. The molecular weight excluding hydrogens is 532 g/mol. The summed E-state index contributed by atoms with van der Waals surface area (Å²) < 4.78 is 45.2. The quantitative estimate of drug-likeness (QED) is 0.518. The molecule has 2 atom stereocenters. The number of amides is 3. The van der Waals surface area contributed by atoms with Crippen molar-refractivity contribution < 1.29 is 37.4 Å². The first-order chi connectivity index (χ1) is 19.1. The second-order valence-corrected chi connectivity index (χ2v) is 9.93. The highest BCUT2D eigenvalue weighted by atomic mass is 19.1. The number of carbonyl (C=O) groups is 3. The molecule has 3 amide bonds. The van der Waals surface area contributed by atoms with Gasteiger partial charge in [-0.2, -0.15) is 0 Å². The Morgan fingerprint density at radius 1 is 1.15 bits per heavy atom. The van der Waals surface area contributed by atoms with Crippen LogP contribution in [0.15, 0.2) is 29.2 Å². The fraction of sp³-hybridized carbons (Fsp3) is 0.462. The fourth-order valence-electron chi connectivity index (χ4n) is 4.91. The average molecular weight is 562 g/mol. The molecule has 3 aliphatic heterocycles. The summed E-state index contributed by atoms with van der Waals surface area (Å²) in [4.78, 5) is 57.5. The Morgan fingerprint density at radius 3 is 2.62 bits per heavy atom. The first kappa shape index (κ1) is 27.5. The van der Waals surface area contributed by atoms with Crippen LogP contribution in [-0.2, 0) is 22.6 Å². The number of likely N-dealkylation sites (N-methyl/N-ethyl adjacent to an activating group) is 1. The zero-order valence-corrected chi connectivity index (χ0v) is 22.0. The lowest BCUT2D eigenvalue weighted by atomic mass is 10.1. The van der Waals surface area contributed by atoms with Gasteiger partial charge >= 0.3 is 6.09 Å². The number of ether oxygens (including phenoxy) is 3. The molecule has 0 radical (unpaired) electrons. The number of hydrogen-bond acceptors (Lipinski definition) is 8. The first-order valence-electron chi connectivity index (χ1n) is 12.8. The molecule has 1 aromatic heterocycles. The molecule has 40 heavy (non-hydrogen) atoms. The normalized spacial score (nSPS) is 20.6. The standard InChI is InChI=1S/C26H29F2N5O7/c1-15-13-38-20-12-32-11-18(24(35)29-10-16-3-4-17(27)9-19(16)28)22(34)23(21(32)25(36)33(15)20)39-14-40-26(37)31-7-5-30(2)6-8-31/h3-4,9,11,15,20H,5-8,10,12-14H2,1-2H3,(H,29,35)/t15-,20+/m0/s1. The van der Waals surface area contributed by atoms with E-state index in [0.29, 0.717) is 38.9 Å². The summed E-state index contributed by atoms with van der Waals surface area (Å²) in [6.45, 7) is 3.52. The van der Waals surface area contributed by atoms with Crippen molar-refractivity contribution in [1.82, 2.24) is 24.6 Å². The summed E-state index contributed by atoms with van der Waals surface area (Å²) in [6, 6.07) is 2.66. The Labute approximate surface area is 228 Å². The molecule has 5 rings (SSSR count). The lowest BCUT2D eigenvalue weighted by molar-refractivity contribution is 0.00382. The molecule has 0 spiro atoms. The number of benzene rings is 1. The summed E-state index contributed by atoms with van der Waals surface area (Å²) in [5.74, 6) is -3.46. The highest BCUT2D eigenvalue weighted by Crippen LogP contribution is 2.30. The number of rotatable bonds is 6. The van der Waals surface area contributed by atoms with Crippen molar-refractivity contribution in [3.8, 4) is 5.75 Å². The largest absolute Gasteiger partial charge is 0.451 e. The second-order valence-electron chi connectivity index (χ2n) is 9.93. The van der Waals surface area contributed by atoms with E-state index in [2.05, 4.69) is 10.2 Å². The van der Waals surface area contributed by atoms with E-state index >= 15 is 0 Å². The van der Waals surface area contributed by atoms with Crippen LogP contribution in [0.3, 0.4) is 0 Å². The lowest BCUT2D eigenvalue weighted by Gasteiger charge is -2.34. The Hall–Kier alpha value is -4.04. The van der Waals surface area contributed by atoms with Crippen LogP contribution in [0, 0.1) is 11.6 Å². The number of halogens is 2. The van der Waals surface area contributed by atoms with Gasteiger partial charge in [0.2, 0.25) is 18.0 Å². The van der Waals surface area contributed by atoms with Crippen molar-refractivity contribution >= 4 is 17.9 Å². The van der Waals surface area contributed by atoms with Crippen molar-refractivity contribution in [2.24, 2.45) is 0 Å². The van der Waals surface area contributed by atoms with E-state index in [1.165, 1.54) is 26.6 Å². The minimum atomic E-state index is -0.904. The number of pyridine rings is 1. The van der Waals surface area contributed by atoms with E-state index < -0.39 is 53.7 Å². The maximum absolute atomic E-state index is 14.0. The number of aromatic nitrogens is 1. The van der Waals surface area contributed by atoms with Gasteiger partial charge in [0.25, 0.3) is 11.8 Å². The van der Waals surface area contributed by atoms with Gasteiger partial charge in [0.15, 0.2) is 11.9 Å². The topological polar surface area (TPSA) is 123 Å². The van der Waals surface area contributed by atoms with Crippen LogP contribution in [0.4, 0.5) is 13.6 Å². The van der Waals surface area contributed by atoms with Gasteiger partial charge in [-0.15, -0.1) is 0 Å². The van der Waals surface area contributed by atoms with Gasteiger partial charge in [-0.3, -0.25) is 14.4 Å². The van der Waals surface area contributed by atoms with Crippen molar-refractivity contribution in [2.45, 2.75) is 32.3 Å². The molecule has 214 valence electrons. The number of carbonyl (C=O) groups excluding carboxylic acids is 3. The molecule has 3 aliphatic rings. The van der Waals surface area contributed by atoms with E-state index in [4.69, 9.17) is 14.2 Å². The number of nitrogens with zero attached hydrogens (tertiary/aromatic N) is 4. The molecule has 14 heteroatoms. The van der Waals surface area contributed by atoms with Crippen molar-refractivity contribution in [3.05, 3.63) is 63.1 Å². The molecule has 2 aromatic rings. The van der Waals surface area contributed by atoms with Crippen LogP contribution in [0.2, 0.25) is 0 Å². The molecule has 2 saturated heterocycles. The van der Waals surface area contributed by atoms with Gasteiger partial charge in [-0.05, 0) is 20.0 Å². The molecule has 0 saturated carbocycles. The van der Waals surface area contributed by atoms with Gasteiger partial charge in [-0.25, -0.2) is 13.6 Å². The molecular formula is C26H29F2N5O7. The van der Waals surface area contributed by atoms with Gasteiger partial charge in [-0.1, -0.05) is 6.07 Å². The Bertz CT molecular complexity index is 1390. The SMILES string of the molecule is C[C@H]1CO[C@@H]2Cn3cc(C(=O)NCc4ccc(F)cc4F)c(=O)c(OCOC(=O)N4CCN(C)CC4)c3C(=O)N12. The summed E-state index contributed by atoms with van der Waals surface area (Å²) in [7, 11) is 1.94. The maximum Gasteiger partial charge on any atom is 0.412 e. The Balaban J connectivity index is 1.39. The average Bonchev–Trinajstić information content (AvgIpc) is 3.30. The minimum absolute atomic E-state index is 0.0132. The van der Waals surface area contributed by atoms with E-state index in [0.717, 1.165) is 6.07 Å². The highest BCUT2D eigenvalue weighted by molar-refractivity contribution is 5.99. The summed E-state index contributed by atoms with van der Waals surface area (Å²) >= 11 is 0. The van der Waals surface area contributed by atoms with Crippen LogP contribution in [-0.4, -0.2) is 96.1 Å². The van der Waals surface area contributed by atoms with E-state index in [1.54, 1.807) is 6.92 Å². The fourth-order valence-corrected chi connectivity index (χ4v) is 4.91. The number of fused-ring (bicyclic) bond motifs is 2. The van der Waals surface area contributed by atoms with Crippen LogP contribution < -0.4 is 15.5 Å². The molecule has 12 nitrogen and oxygen atoms in total. The third-order valence-corrected chi connectivity index (χ3v) is 7.19. The number of piperazine rings is 1. The third-order valence-electron chi connectivity index (χ3n) is 7.19.